The van der Waals surface area contributed by atoms with Crippen molar-refractivity contribution < 1.29 is 9.47 Å². The molecule has 5 unspecified atom stereocenters. The summed E-state index contributed by atoms with van der Waals surface area (Å²) >= 11 is 0. The normalized spacial score (nSPS) is 36.5. The van der Waals surface area contributed by atoms with Gasteiger partial charge in [-0.15, -0.1) is 0 Å². The molecule has 0 saturated heterocycles. The van der Waals surface area contributed by atoms with Crippen molar-refractivity contribution in [1.82, 2.24) is 0 Å². The van der Waals surface area contributed by atoms with Crippen molar-refractivity contribution in [3.8, 4) is 11.5 Å². The maximum absolute atomic E-state index is 5.63. The molecule has 4 rings (SSSR count). The molecule has 3 aliphatic carbocycles. The van der Waals surface area contributed by atoms with E-state index in [1.165, 1.54) is 43.2 Å². The Kier molecular flexibility index (Phi) is 5.66. The highest BCUT2D eigenvalue weighted by Gasteiger charge is 2.56. The van der Waals surface area contributed by atoms with Crippen LogP contribution in [0.4, 0.5) is 0 Å². The SMILES string of the molecule is CC.COc1cc2c(cc1OC)C1(C)CCC3C(C)CCCC3(C)C1C=C2. The first-order chi connectivity index (χ1) is 12.9. The van der Waals surface area contributed by atoms with Gasteiger partial charge in [0, 0.05) is 5.41 Å². The van der Waals surface area contributed by atoms with Gasteiger partial charge in [0.05, 0.1) is 14.2 Å². The number of allylic oxidation sites excluding steroid dienone is 1. The molecule has 5 atom stereocenters. The third-order valence-corrected chi connectivity index (χ3v) is 7.92. The zero-order chi connectivity index (χ0) is 19.8. The molecule has 0 bridgehead atoms. The van der Waals surface area contributed by atoms with Crippen LogP contribution >= 0.6 is 0 Å². The minimum absolute atomic E-state index is 0.200. The Morgan fingerprint density at radius 2 is 1.63 bits per heavy atom. The molecule has 0 heterocycles. The lowest BCUT2D eigenvalue weighted by molar-refractivity contribution is -0.0497. The average molecular weight is 371 g/mol. The number of ether oxygens (including phenoxy) is 2. The molecular weight excluding hydrogens is 332 g/mol. The Morgan fingerprint density at radius 1 is 0.963 bits per heavy atom. The molecule has 0 spiro atoms. The Labute approximate surface area is 166 Å². The van der Waals surface area contributed by atoms with Gasteiger partial charge in [-0.2, -0.15) is 0 Å². The van der Waals surface area contributed by atoms with Crippen molar-refractivity contribution in [2.75, 3.05) is 14.2 Å². The quantitative estimate of drug-likeness (QED) is 0.565. The van der Waals surface area contributed by atoms with Crippen LogP contribution in [0.2, 0.25) is 0 Å². The van der Waals surface area contributed by atoms with E-state index >= 15 is 0 Å². The van der Waals surface area contributed by atoms with Gasteiger partial charge in [-0.1, -0.05) is 59.6 Å². The predicted molar refractivity (Wildman–Crippen MR) is 115 cm³/mol. The van der Waals surface area contributed by atoms with E-state index in [4.69, 9.17) is 9.47 Å². The molecule has 2 nitrogen and oxygen atoms in total. The number of rotatable bonds is 2. The molecule has 2 saturated carbocycles. The zero-order valence-electron chi connectivity index (χ0n) is 18.4. The van der Waals surface area contributed by atoms with E-state index in [1.54, 1.807) is 14.2 Å². The topological polar surface area (TPSA) is 18.5 Å². The summed E-state index contributed by atoms with van der Waals surface area (Å²) < 4.78 is 11.2. The van der Waals surface area contributed by atoms with Gasteiger partial charge in [0.25, 0.3) is 0 Å². The van der Waals surface area contributed by atoms with Crippen LogP contribution in [0.15, 0.2) is 18.2 Å². The second-order valence-electron chi connectivity index (χ2n) is 9.07. The van der Waals surface area contributed by atoms with E-state index in [0.717, 1.165) is 23.3 Å². The van der Waals surface area contributed by atoms with E-state index in [9.17, 15) is 0 Å². The maximum atomic E-state index is 5.63. The molecular formula is C25H38O2. The fourth-order valence-electron chi connectivity index (χ4n) is 6.64. The lowest BCUT2D eigenvalue weighted by Gasteiger charge is -2.60. The lowest BCUT2D eigenvalue weighted by atomic mass is 9.44. The standard InChI is InChI=1S/C23H32O2.C2H6/c1-15-7-6-11-22(2)17(15)10-12-23(3)18-14-20(25-5)19(24-4)13-16(18)8-9-21(22)23;1-2/h8-9,13-15,17,21H,6-7,10-12H2,1-5H3;1-2H3. The average Bonchev–Trinajstić information content (AvgIpc) is 2.68. The highest BCUT2D eigenvalue weighted by Crippen LogP contribution is 2.63. The van der Waals surface area contributed by atoms with Gasteiger partial charge in [-0.3, -0.25) is 0 Å². The van der Waals surface area contributed by atoms with Gasteiger partial charge < -0.3 is 9.47 Å². The van der Waals surface area contributed by atoms with Crippen molar-refractivity contribution in [2.24, 2.45) is 23.2 Å². The molecule has 0 aromatic heterocycles. The highest BCUT2D eigenvalue weighted by molar-refractivity contribution is 5.65. The molecule has 3 aliphatic rings. The zero-order valence-corrected chi connectivity index (χ0v) is 18.4. The molecule has 0 radical (unpaired) electrons. The van der Waals surface area contributed by atoms with Crippen LogP contribution in [-0.2, 0) is 5.41 Å². The van der Waals surface area contributed by atoms with E-state index < -0.39 is 0 Å². The number of fused-ring (bicyclic) bond motifs is 5. The smallest absolute Gasteiger partial charge is 0.161 e. The van der Waals surface area contributed by atoms with Crippen LogP contribution in [0.25, 0.3) is 6.08 Å². The Balaban J connectivity index is 0.00000102. The summed E-state index contributed by atoms with van der Waals surface area (Å²) in [6, 6.07) is 4.41. The lowest BCUT2D eigenvalue weighted by Crippen LogP contribution is -2.54. The van der Waals surface area contributed by atoms with E-state index in [1.807, 2.05) is 13.8 Å². The summed E-state index contributed by atoms with van der Waals surface area (Å²) in [5, 5.41) is 0. The summed E-state index contributed by atoms with van der Waals surface area (Å²) in [4.78, 5) is 0. The molecule has 0 N–H and O–H groups in total. The van der Waals surface area contributed by atoms with Crippen LogP contribution in [0.5, 0.6) is 11.5 Å². The summed E-state index contributed by atoms with van der Waals surface area (Å²) in [6.45, 7) is 11.6. The second kappa shape index (κ2) is 7.53. The second-order valence-corrected chi connectivity index (χ2v) is 9.07. The third kappa shape index (κ3) is 3.00. The van der Waals surface area contributed by atoms with Gasteiger partial charge >= 0.3 is 0 Å². The van der Waals surface area contributed by atoms with E-state index in [-0.39, 0.29) is 5.41 Å². The number of benzene rings is 1. The van der Waals surface area contributed by atoms with E-state index in [2.05, 4.69) is 45.1 Å². The molecule has 0 aliphatic heterocycles. The maximum Gasteiger partial charge on any atom is 0.161 e. The first-order valence-electron chi connectivity index (χ1n) is 10.9. The Hall–Kier alpha value is -1.44. The molecule has 27 heavy (non-hydrogen) atoms. The summed E-state index contributed by atoms with van der Waals surface area (Å²) in [5.41, 5.74) is 3.38. The van der Waals surface area contributed by atoms with Crippen LogP contribution in [0, 0.1) is 23.2 Å². The van der Waals surface area contributed by atoms with Crippen LogP contribution in [0.3, 0.4) is 0 Å². The van der Waals surface area contributed by atoms with Crippen molar-refractivity contribution in [3.05, 3.63) is 29.3 Å². The van der Waals surface area contributed by atoms with Crippen LogP contribution in [0.1, 0.15) is 77.8 Å². The fraction of sp³-hybridized carbons (Fsp3) is 0.680. The first-order valence-corrected chi connectivity index (χ1v) is 10.9. The fourth-order valence-corrected chi connectivity index (χ4v) is 6.64. The van der Waals surface area contributed by atoms with Gasteiger partial charge in [-0.05, 0) is 65.7 Å². The summed E-state index contributed by atoms with van der Waals surface area (Å²) in [7, 11) is 3.46. The van der Waals surface area contributed by atoms with Gasteiger partial charge in [0.15, 0.2) is 11.5 Å². The van der Waals surface area contributed by atoms with Gasteiger partial charge in [0.1, 0.15) is 0 Å². The monoisotopic (exact) mass is 370 g/mol. The van der Waals surface area contributed by atoms with Crippen LogP contribution in [-0.4, -0.2) is 14.2 Å². The minimum atomic E-state index is 0.200. The van der Waals surface area contributed by atoms with Crippen molar-refractivity contribution in [1.29, 1.82) is 0 Å². The number of methoxy groups -OCH3 is 2. The molecule has 2 heteroatoms. The molecule has 1 aromatic rings. The van der Waals surface area contributed by atoms with Crippen molar-refractivity contribution in [3.63, 3.8) is 0 Å². The van der Waals surface area contributed by atoms with Gasteiger partial charge in [-0.25, -0.2) is 0 Å². The van der Waals surface area contributed by atoms with Crippen molar-refractivity contribution in [2.45, 2.75) is 72.1 Å². The first kappa shape index (κ1) is 20.3. The minimum Gasteiger partial charge on any atom is -0.493 e. The predicted octanol–water partition coefficient (Wildman–Crippen LogP) is 6.87. The largest absolute Gasteiger partial charge is 0.493 e. The van der Waals surface area contributed by atoms with E-state index in [0.29, 0.717) is 11.3 Å². The molecule has 0 amide bonds. The molecule has 1 aromatic carbocycles. The summed E-state index contributed by atoms with van der Waals surface area (Å²) in [6.07, 6.45) is 11.7. The highest BCUT2D eigenvalue weighted by atomic mass is 16.5. The molecule has 150 valence electrons. The number of hydrogen-bond donors (Lipinski definition) is 0. The van der Waals surface area contributed by atoms with Gasteiger partial charge in [0.2, 0.25) is 0 Å². The van der Waals surface area contributed by atoms with Crippen LogP contribution < -0.4 is 9.47 Å². The Bertz CT molecular complexity index is 707. The summed E-state index contributed by atoms with van der Waals surface area (Å²) in [5.74, 6) is 4.04. The molecule has 2 fully saturated rings. The third-order valence-electron chi connectivity index (χ3n) is 7.92. The Morgan fingerprint density at radius 3 is 2.30 bits per heavy atom. The number of hydrogen-bond acceptors (Lipinski definition) is 2. The van der Waals surface area contributed by atoms with Crippen molar-refractivity contribution >= 4 is 6.08 Å².